The van der Waals surface area contributed by atoms with Gasteiger partial charge in [0.1, 0.15) is 6.04 Å². The quantitative estimate of drug-likeness (QED) is 0.661. The number of carbonyl (C=O) groups excluding carboxylic acids is 3. The summed E-state index contributed by atoms with van der Waals surface area (Å²) in [4.78, 5) is 42.5. The van der Waals surface area contributed by atoms with Crippen LogP contribution in [0.25, 0.3) is 0 Å². The summed E-state index contributed by atoms with van der Waals surface area (Å²) in [6.07, 6.45) is 3.73. The molecular weight excluding hydrogens is 452 g/mol. The SMILES string of the molecule is NC(=O)[C@@H](NC(=O)[C@@H]1CCCC[C@H]1N1CCN(C(=O)c2ccccc2Cl)CC1)c1ccccc1. The third-order valence-electron chi connectivity index (χ3n) is 6.95. The molecule has 0 bridgehead atoms. The Morgan fingerprint density at radius 1 is 0.912 bits per heavy atom. The van der Waals surface area contributed by atoms with Crippen LogP contribution in [0.2, 0.25) is 5.02 Å². The lowest BCUT2D eigenvalue weighted by atomic mass is 9.82. The van der Waals surface area contributed by atoms with Crippen molar-refractivity contribution in [3.05, 3.63) is 70.7 Å². The predicted octanol–water partition coefficient (Wildman–Crippen LogP) is 3.00. The van der Waals surface area contributed by atoms with Crippen molar-refractivity contribution in [2.75, 3.05) is 26.2 Å². The molecule has 2 fully saturated rings. The maximum absolute atomic E-state index is 13.3. The van der Waals surface area contributed by atoms with Gasteiger partial charge in [-0.05, 0) is 30.5 Å². The number of nitrogens with zero attached hydrogens (tertiary/aromatic N) is 2. The van der Waals surface area contributed by atoms with Crippen molar-refractivity contribution < 1.29 is 14.4 Å². The largest absolute Gasteiger partial charge is 0.368 e. The van der Waals surface area contributed by atoms with Crippen LogP contribution in [0, 0.1) is 5.92 Å². The first kappa shape index (κ1) is 24.2. The Kier molecular flexibility index (Phi) is 7.85. The van der Waals surface area contributed by atoms with Gasteiger partial charge in [0.05, 0.1) is 16.5 Å². The number of halogens is 1. The van der Waals surface area contributed by atoms with Gasteiger partial charge in [-0.1, -0.05) is 66.9 Å². The van der Waals surface area contributed by atoms with Gasteiger partial charge in [-0.2, -0.15) is 0 Å². The molecule has 0 aromatic heterocycles. The minimum absolute atomic E-state index is 0.0599. The van der Waals surface area contributed by atoms with Crippen molar-refractivity contribution in [1.82, 2.24) is 15.1 Å². The average molecular weight is 483 g/mol. The number of amides is 3. The molecule has 0 unspecified atom stereocenters. The van der Waals surface area contributed by atoms with Crippen molar-refractivity contribution in [3.8, 4) is 0 Å². The molecule has 3 atom stereocenters. The van der Waals surface area contributed by atoms with Gasteiger partial charge in [-0.3, -0.25) is 19.3 Å². The molecule has 0 radical (unpaired) electrons. The Morgan fingerprint density at radius 3 is 2.24 bits per heavy atom. The first-order valence-electron chi connectivity index (χ1n) is 11.9. The third-order valence-corrected chi connectivity index (χ3v) is 7.27. The number of benzene rings is 2. The van der Waals surface area contributed by atoms with E-state index in [0.29, 0.717) is 42.3 Å². The van der Waals surface area contributed by atoms with E-state index < -0.39 is 11.9 Å². The summed E-state index contributed by atoms with van der Waals surface area (Å²) in [5.74, 6) is -0.981. The van der Waals surface area contributed by atoms with Crippen molar-refractivity contribution in [1.29, 1.82) is 0 Å². The molecule has 4 rings (SSSR count). The minimum atomic E-state index is -0.846. The Hall–Kier alpha value is -2.90. The summed E-state index contributed by atoms with van der Waals surface area (Å²) in [7, 11) is 0. The summed E-state index contributed by atoms with van der Waals surface area (Å²) < 4.78 is 0. The molecule has 8 heteroatoms. The van der Waals surface area contributed by atoms with Crippen molar-refractivity contribution in [2.45, 2.75) is 37.8 Å². The highest BCUT2D eigenvalue weighted by Gasteiger charge is 2.38. The van der Waals surface area contributed by atoms with Crippen LogP contribution in [0.5, 0.6) is 0 Å². The molecule has 34 heavy (non-hydrogen) atoms. The van der Waals surface area contributed by atoms with Crippen LogP contribution >= 0.6 is 11.6 Å². The summed E-state index contributed by atoms with van der Waals surface area (Å²) in [6, 6.07) is 15.4. The topological polar surface area (TPSA) is 95.7 Å². The molecular formula is C26H31ClN4O3. The van der Waals surface area contributed by atoms with Gasteiger partial charge in [0, 0.05) is 32.2 Å². The van der Waals surface area contributed by atoms with E-state index in [1.807, 2.05) is 35.2 Å². The van der Waals surface area contributed by atoms with Crippen molar-refractivity contribution in [2.24, 2.45) is 11.7 Å². The van der Waals surface area contributed by atoms with Gasteiger partial charge in [0.25, 0.3) is 5.91 Å². The molecule has 3 amide bonds. The maximum Gasteiger partial charge on any atom is 0.255 e. The smallest absolute Gasteiger partial charge is 0.255 e. The van der Waals surface area contributed by atoms with Crippen LogP contribution in [0.1, 0.15) is 47.6 Å². The zero-order chi connectivity index (χ0) is 24.1. The van der Waals surface area contributed by atoms with Crippen LogP contribution < -0.4 is 11.1 Å². The molecule has 3 N–H and O–H groups in total. The number of primary amides is 1. The summed E-state index contributed by atoms with van der Waals surface area (Å²) in [5, 5.41) is 3.37. The second-order valence-electron chi connectivity index (χ2n) is 9.02. The molecule has 180 valence electrons. The third kappa shape index (κ3) is 5.42. The molecule has 1 saturated heterocycles. The van der Waals surface area contributed by atoms with Crippen LogP contribution in [0.3, 0.4) is 0 Å². The van der Waals surface area contributed by atoms with E-state index >= 15 is 0 Å². The molecule has 2 aliphatic rings. The lowest BCUT2D eigenvalue weighted by Gasteiger charge is -2.44. The maximum atomic E-state index is 13.3. The van der Waals surface area contributed by atoms with Gasteiger partial charge in [0.2, 0.25) is 11.8 Å². The van der Waals surface area contributed by atoms with Gasteiger partial charge in [-0.25, -0.2) is 0 Å². The number of nitrogens with two attached hydrogens (primary N) is 1. The highest BCUT2D eigenvalue weighted by Crippen LogP contribution is 2.30. The van der Waals surface area contributed by atoms with Gasteiger partial charge in [-0.15, -0.1) is 0 Å². The summed E-state index contributed by atoms with van der Waals surface area (Å²) in [6.45, 7) is 2.57. The molecule has 2 aromatic carbocycles. The second kappa shape index (κ2) is 11.0. The van der Waals surface area contributed by atoms with Crippen molar-refractivity contribution >= 4 is 29.3 Å². The van der Waals surface area contributed by atoms with E-state index in [0.717, 1.165) is 25.7 Å². The molecule has 1 aliphatic carbocycles. The van der Waals surface area contributed by atoms with Crippen LogP contribution in [0.4, 0.5) is 0 Å². The Morgan fingerprint density at radius 2 is 1.56 bits per heavy atom. The molecule has 1 saturated carbocycles. The first-order valence-corrected chi connectivity index (χ1v) is 12.3. The lowest BCUT2D eigenvalue weighted by molar-refractivity contribution is -0.133. The highest BCUT2D eigenvalue weighted by molar-refractivity contribution is 6.33. The fourth-order valence-corrected chi connectivity index (χ4v) is 5.35. The summed E-state index contributed by atoms with van der Waals surface area (Å²) >= 11 is 6.22. The van der Waals surface area contributed by atoms with Crippen molar-refractivity contribution in [3.63, 3.8) is 0 Å². The van der Waals surface area contributed by atoms with E-state index in [1.165, 1.54) is 0 Å². The molecule has 7 nitrogen and oxygen atoms in total. The van der Waals surface area contributed by atoms with Gasteiger partial charge >= 0.3 is 0 Å². The van der Waals surface area contributed by atoms with E-state index in [4.69, 9.17) is 17.3 Å². The van der Waals surface area contributed by atoms with E-state index in [2.05, 4.69) is 10.2 Å². The Balaban J connectivity index is 1.40. The monoisotopic (exact) mass is 482 g/mol. The van der Waals surface area contributed by atoms with Crippen LogP contribution in [-0.2, 0) is 9.59 Å². The fraction of sp³-hybridized carbons (Fsp3) is 0.423. The lowest BCUT2D eigenvalue weighted by Crippen LogP contribution is -2.56. The van der Waals surface area contributed by atoms with Crippen LogP contribution in [-0.4, -0.2) is 59.7 Å². The molecule has 2 aromatic rings. The number of carbonyl (C=O) groups is 3. The molecule has 1 heterocycles. The van der Waals surface area contributed by atoms with E-state index in [1.54, 1.807) is 24.3 Å². The summed E-state index contributed by atoms with van der Waals surface area (Å²) in [5.41, 5.74) is 6.82. The number of rotatable bonds is 6. The predicted molar refractivity (Wildman–Crippen MR) is 131 cm³/mol. The van der Waals surface area contributed by atoms with E-state index in [-0.39, 0.29) is 23.8 Å². The number of hydrogen-bond acceptors (Lipinski definition) is 4. The number of hydrogen-bond donors (Lipinski definition) is 2. The number of piperazine rings is 1. The standard InChI is InChI=1S/C26H31ClN4O3/c27-21-12-6-4-10-19(21)26(34)31-16-14-30(15-17-31)22-13-7-5-11-20(22)25(33)29-23(24(28)32)18-8-2-1-3-9-18/h1-4,6,8-10,12,20,22-23H,5,7,11,13-17H2,(H2,28,32)(H,29,33)/t20-,22-,23+/m1/s1. The fourth-order valence-electron chi connectivity index (χ4n) is 5.13. The average Bonchev–Trinajstić information content (AvgIpc) is 2.87. The number of nitrogens with one attached hydrogen (secondary N) is 1. The minimum Gasteiger partial charge on any atom is -0.368 e. The van der Waals surface area contributed by atoms with Gasteiger partial charge in [0.15, 0.2) is 0 Å². The Bertz CT molecular complexity index is 1020. The van der Waals surface area contributed by atoms with E-state index in [9.17, 15) is 14.4 Å². The zero-order valence-corrected chi connectivity index (χ0v) is 19.9. The second-order valence-corrected chi connectivity index (χ2v) is 9.43. The first-order chi connectivity index (χ1) is 16.5. The molecule has 0 spiro atoms. The normalized spacial score (nSPS) is 22.1. The highest BCUT2D eigenvalue weighted by atomic mass is 35.5. The van der Waals surface area contributed by atoms with Gasteiger partial charge < -0.3 is 16.0 Å². The zero-order valence-electron chi connectivity index (χ0n) is 19.2. The Labute approximate surface area is 205 Å². The molecule has 1 aliphatic heterocycles. The van der Waals surface area contributed by atoms with Crippen LogP contribution in [0.15, 0.2) is 54.6 Å².